The van der Waals surface area contributed by atoms with Gasteiger partial charge in [-0.15, -0.1) is 11.3 Å². The molecule has 0 bridgehead atoms. The van der Waals surface area contributed by atoms with Crippen LogP contribution in [0.25, 0.3) is 0 Å². The van der Waals surface area contributed by atoms with E-state index in [4.69, 9.17) is 17.3 Å². The van der Waals surface area contributed by atoms with Gasteiger partial charge < -0.3 is 10.6 Å². The van der Waals surface area contributed by atoms with Crippen LogP contribution in [0, 0.1) is 0 Å². The first-order chi connectivity index (χ1) is 10.9. The smallest absolute Gasteiger partial charge is 0.330 e. The monoisotopic (exact) mass is 356 g/mol. The molecule has 9 heteroatoms. The zero-order valence-corrected chi connectivity index (χ0v) is 14.3. The second-order valence-electron chi connectivity index (χ2n) is 4.97. The summed E-state index contributed by atoms with van der Waals surface area (Å²) in [6.07, 6.45) is 1.59. The SMILES string of the molecule is CCCCn1c(N)c(N(C)C(=O)c2ccc(Cl)s2)c(=O)[nH]c1=O. The van der Waals surface area contributed by atoms with E-state index in [1.165, 1.54) is 11.6 Å². The minimum Gasteiger partial charge on any atom is -0.383 e. The van der Waals surface area contributed by atoms with Crippen molar-refractivity contribution in [3.05, 3.63) is 42.2 Å². The average molecular weight is 357 g/mol. The fourth-order valence-corrected chi connectivity index (χ4v) is 3.15. The maximum absolute atomic E-state index is 12.5. The lowest BCUT2D eigenvalue weighted by Gasteiger charge is -2.19. The van der Waals surface area contributed by atoms with Crippen molar-refractivity contribution < 1.29 is 4.79 Å². The standard InChI is InChI=1S/C14H17ClN4O3S/c1-3-4-7-19-11(16)10(12(20)17-14(19)22)18(2)13(21)8-5-6-9(15)23-8/h5-6H,3-4,7,16H2,1-2H3,(H,17,20,22). The zero-order chi connectivity index (χ0) is 17.1. The Morgan fingerprint density at radius 1 is 1.43 bits per heavy atom. The van der Waals surface area contributed by atoms with Crippen LogP contribution in [-0.2, 0) is 6.54 Å². The Morgan fingerprint density at radius 3 is 2.70 bits per heavy atom. The summed E-state index contributed by atoms with van der Waals surface area (Å²) < 4.78 is 1.74. The molecule has 0 spiro atoms. The summed E-state index contributed by atoms with van der Waals surface area (Å²) in [4.78, 5) is 40.2. The van der Waals surface area contributed by atoms with Crippen LogP contribution >= 0.6 is 22.9 Å². The van der Waals surface area contributed by atoms with Crippen molar-refractivity contribution in [1.29, 1.82) is 0 Å². The van der Waals surface area contributed by atoms with Crippen molar-refractivity contribution in [3.63, 3.8) is 0 Å². The molecule has 3 N–H and O–H groups in total. The molecule has 7 nitrogen and oxygen atoms in total. The average Bonchev–Trinajstić information content (AvgIpc) is 2.92. The number of nitrogens with one attached hydrogen (secondary N) is 1. The number of hydrogen-bond acceptors (Lipinski definition) is 5. The van der Waals surface area contributed by atoms with Crippen LogP contribution in [0.5, 0.6) is 0 Å². The van der Waals surface area contributed by atoms with E-state index >= 15 is 0 Å². The first-order valence-corrected chi connectivity index (χ1v) is 8.22. The highest BCUT2D eigenvalue weighted by Gasteiger charge is 2.22. The molecular weight excluding hydrogens is 340 g/mol. The summed E-state index contributed by atoms with van der Waals surface area (Å²) in [6.45, 7) is 2.35. The second-order valence-corrected chi connectivity index (χ2v) is 6.68. The fraction of sp³-hybridized carbons (Fsp3) is 0.357. The van der Waals surface area contributed by atoms with E-state index in [1.54, 1.807) is 12.1 Å². The number of nitrogen functional groups attached to an aromatic ring is 1. The number of unbranched alkanes of at least 4 members (excludes halogenated alkanes) is 1. The molecule has 0 saturated heterocycles. The quantitative estimate of drug-likeness (QED) is 0.854. The Balaban J connectivity index is 2.47. The van der Waals surface area contributed by atoms with Gasteiger partial charge in [0.15, 0.2) is 5.69 Å². The predicted octanol–water partition coefficient (Wildman–Crippen LogP) is 1.91. The van der Waals surface area contributed by atoms with Gasteiger partial charge in [0.2, 0.25) is 0 Å². The van der Waals surface area contributed by atoms with Crippen LogP contribution in [0.15, 0.2) is 21.7 Å². The van der Waals surface area contributed by atoms with Crippen molar-refractivity contribution >= 4 is 40.4 Å². The number of carbonyl (C=O) groups is 1. The number of aromatic nitrogens is 2. The normalized spacial score (nSPS) is 10.7. The molecule has 0 aliphatic rings. The largest absolute Gasteiger partial charge is 0.383 e. The number of rotatable bonds is 5. The van der Waals surface area contributed by atoms with E-state index in [1.807, 2.05) is 6.92 Å². The van der Waals surface area contributed by atoms with Crippen molar-refractivity contribution in [3.8, 4) is 0 Å². The number of H-pyrrole nitrogens is 1. The highest BCUT2D eigenvalue weighted by Crippen LogP contribution is 2.25. The van der Waals surface area contributed by atoms with Gasteiger partial charge in [-0.3, -0.25) is 19.1 Å². The molecule has 0 aliphatic heterocycles. The van der Waals surface area contributed by atoms with Crippen LogP contribution in [0.2, 0.25) is 4.34 Å². The van der Waals surface area contributed by atoms with E-state index in [0.29, 0.717) is 15.8 Å². The highest BCUT2D eigenvalue weighted by molar-refractivity contribution is 7.18. The van der Waals surface area contributed by atoms with Gasteiger partial charge in [-0.2, -0.15) is 0 Å². The van der Waals surface area contributed by atoms with Gasteiger partial charge in [0, 0.05) is 13.6 Å². The molecular formula is C14H17ClN4O3S. The van der Waals surface area contributed by atoms with E-state index < -0.39 is 17.2 Å². The maximum atomic E-state index is 12.5. The van der Waals surface area contributed by atoms with Gasteiger partial charge in [-0.1, -0.05) is 24.9 Å². The minimum absolute atomic E-state index is 0.0225. The first kappa shape index (κ1) is 17.3. The van der Waals surface area contributed by atoms with Crippen LogP contribution in [0.3, 0.4) is 0 Å². The summed E-state index contributed by atoms with van der Waals surface area (Å²) in [6, 6.07) is 3.17. The maximum Gasteiger partial charge on any atom is 0.330 e. The summed E-state index contributed by atoms with van der Waals surface area (Å²) >= 11 is 6.94. The topological polar surface area (TPSA) is 101 Å². The molecule has 2 heterocycles. The molecule has 23 heavy (non-hydrogen) atoms. The molecule has 0 aromatic carbocycles. The molecule has 2 aromatic heterocycles. The first-order valence-electron chi connectivity index (χ1n) is 7.02. The number of hydrogen-bond donors (Lipinski definition) is 2. The number of amides is 1. The third kappa shape index (κ3) is 3.48. The Labute approximate surface area is 141 Å². The Morgan fingerprint density at radius 2 is 2.13 bits per heavy atom. The number of aromatic amines is 1. The lowest BCUT2D eigenvalue weighted by molar-refractivity contribution is 0.0996. The van der Waals surface area contributed by atoms with E-state index in [9.17, 15) is 14.4 Å². The van der Waals surface area contributed by atoms with E-state index in [2.05, 4.69) is 4.98 Å². The zero-order valence-electron chi connectivity index (χ0n) is 12.8. The molecule has 2 rings (SSSR count). The Hall–Kier alpha value is -2.06. The molecule has 124 valence electrons. The number of anilines is 2. The molecule has 0 unspecified atom stereocenters. The molecule has 0 saturated carbocycles. The molecule has 0 radical (unpaired) electrons. The van der Waals surface area contributed by atoms with Crippen molar-refractivity contribution in [2.75, 3.05) is 17.7 Å². The third-order valence-electron chi connectivity index (χ3n) is 3.37. The summed E-state index contributed by atoms with van der Waals surface area (Å²) in [7, 11) is 1.44. The van der Waals surface area contributed by atoms with Crippen LogP contribution in [-0.4, -0.2) is 22.5 Å². The van der Waals surface area contributed by atoms with Gasteiger partial charge in [0.25, 0.3) is 11.5 Å². The lowest BCUT2D eigenvalue weighted by Crippen LogP contribution is -2.39. The molecule has 0 aliphatic carbocycles. The molecule has 2 aromatic rings. The highest BCUT2D eigenvalue weighted by atomic mass is 35.5. The van der Waals surface area contributed by atoms with Crippen molar-refractivity contribution in [2.45, 2.75) is 26.3 Å². The van der Waals surface area contributed by atoms with Gasteiger partial charge in [-0.05, 0) is 18.6 Å². The summed E-state index contributed by atoms with van der Waals surface area (Å²) in [5, 5.41) is 0. The number of nitrogens with zero attached hydrogens (tertiary/aromatic N) is 2. The van der Waals surface area contributed by atoms with Gasteiger partial charge in [0.05, 0.1) is 9.21 Å². The second kappa shape index (κ2) is 7.01. The van der Waals surface area contributed by atoms with Crippen molar-refractivity contribution in [2.24, 2.45) is 0 Å². The lowest BCUT2D eigenvalue weighted by atomic mass is 10.3. The van der Waals surface area contributed by atoms with Crippen LogP contribution in [0.1, 0.15) is 29.4 Å². The van der Waals surface area contributed by atoms with Crippen molar-refractivity contribution in [1.82, 2.24) is 9.55 Å². The Bertz CT molecular complexity index is 839. The molecule has 0 fully saturated rings. The number of nitrogens with two attached hydrogens (primary N) is 1. The Kier molecular flexibility index (Phi) is 5.27. The van der Waals surface area contributed by atoms with Crippen LogP contribution < -0.4 is 21.9 Å². The number of thiophene rings is 1. The molecule has 1 amide bonds. The number of carbonyl (C=O) groups excluding carboxylic acids is 1. The fourth-order valence-electron chi connectivity index (χ4n) is 2.14. The van der Waals surface area contributed by atoms with E-state index in [-0.39, 0.29) is 11.5 Å². The third-order valence-corrected chi connectivity index (χ3v) is 4.59. The number of halogens is 1. The summed E-state index contributed by atoms with van der Waals surface area (Å²) in [5.41, 5.74) is 4.65. The van der Waals surface area contributed by atoms with Gasteiger partial charge in [-0.25, -0.2) is 4.79 Å². The predicted molar refractivity (Wildman–Crippen MR) is 92.7 cm³/mol. The molecule has 0 atom stereocenters. The minimum atomic E-state index is -0.696. The van der Waals surface area contributed by atoms with Gasteiger partial charge in [0.1, 0.15) is 5.82 Å². The van der Waals surface area contributed by atoms with E-state index in [0.717, 1.165) is 29.1 Å². The summed E-state index contributed by atoms with van der Waals surface area (Å²) in [5.74, 6) is -0.439. The van der Waals surface area contributed by atoms with Crippen LogP contribution in [0.4, 0.5) is 11.5 Å². The van der Waals surface area contributed by atoms with Gasteiger partial charge >= 0.3 is 5.69 Å².